The number of hydrogen-bond acceptors (Lipinski definition) is 8. The lowest BCUT2D eigenvalue weighted by molar-refractivity contribution is 0.0954. The molecule has 1 amide bonds. The lowest BCUT2D eigenvalue weighted by atomic mass is 10.1. The van der Waals surface area contributed by atoms with Crippen molar-refractivity contribution in [2.45, 2.75) is 13.1 Å². The van der Waals surface area contributed by atoms with Gasteiger partial charge in [0.2, 0.25) is 6.79 Å². The number of nitrogens with one attached hydrogen (secondary N) is 1. The third-order valence-electron chi connectivity index (χ3n) is 5.38. The second-order valence-corrected chi connectivity index (χ2v) is 8.51. The number of carbonyl (C=O) groups is 1. The van der Waals surface area contributed by atoms with Crippen LogP contribution in [0, 0.1) is 0 Å². The van der Waals surface area contributed by atoms with Crippen molar-refractivity contribution in [1.29, 1.82) is 0 Å². The maximum Gasteiger partial charge on any atom is 0.263 e. The van der Waals surface area contributed by atoms with Crippen LogP contribution in [0.25, 0.3) is 0 Å². The molecule has 160 valence electrons. The minimum atomic E-state index is -0.103. The number of aromatic nitrogens is 2. The first kappa shape index (κ1) is 19.8. The van der Waals surface area contributed by atoms with Gasteiger partial charge in [-0.05, 0) is 29.3 Å². The first-order chi connectivity index (χ1) is 15.2. The zero-order valence-electron chi connectivity index (χ0n) is 17.0. The molecule has 5 rings (SSSR count). The summed E-state index contributed by atoms with van der Waals surface area (Å²) in [5, 5.41) is 3.83. The Hall–Kier alpha value is -3.17. The maximum absolute atomic E-state index is 12.4. The summed E-state index contributed by atoms with van der Waals surface area (Å²) in [6.45, 7) is 5.29. The summed E-state index contributed by atoms with van der Waals surface area (Å²) in [6.07, 6.45) is 5.13. The van der Waals surface area contributed by atoms with E-state index in [1.165, 1.54) is 16.9 Å². The number of thiazole rings is 1. The molecule has 2 aliphatic heterocycles. The molecule has 0 saturated carbocycles. The molecule has 0 bridgehead atoms. The molecule has 3 aromatic rings. The van der Waals surface area contributed by atoms with Gasteiger partial charge in [-0.3, -0.25) is 14.7 Å². The van der Waals surface area contributed by atoms with Crippen molar-refractivity contribution in [1.82, 2.24) is 20.2 Å². The third kappa shape index (κ3) is 4.62. The van der Waals surface area contributed by atoms with Gasteiger partial charge in [0, 0.05) is 51.7 Å². The van der Waals surface area contributed by atoms with E-state index in [2.05, 4.69) is 37.2 Å². The van der Waals surface area contributed by atoms with E-state index in [9.17, 15) is 4.79 Å². The molecule has 0 aliphatic carbocycles. The zero-order valence-corrected chi connectivity index (χ0v) is 17.8. The number of hydrogen-bond donors (Lipinski definition) is 1. The smallest absolute Gasteiger partial charge is 0.263 e. The molecule has 2 aromatic heterocycles. The second-order valence-electron chi connectivity index (χ2n) is 7.50. The molecule has 1 aromatic carbocycles. The molecule has 0 spiro atoms. The SMILES string of the molecule is O=C(NCc1cccnc1)c1cnc(N2CCN(Cc3ccc4c(c3)OCO4)CC2)s1. The van der Waals surface area contributed by atoms with Crippen molar-refractivity contribution in [3.05, 3.63) is 64.9 Å². The summed E-state index contributed by atoms with van der Waals surface area (Å²) in [5.41, 5.74) is 2.19. The number of ether oxygens (including phenoxy) is 2. The fourth-order valence-corrected chi connectivity index (χ4v) is 4.57. The van der Waals surface area contributed by atoms with Crippen LogP contribution in [-0.2, 0) is 13.1 Å². The lowest BCUT2D eigenvalue weighted by Crippen LogP contribution is -2.45. The van der Waals surface area contributed by atoms with Crippen molar-refractivity contribution in [3.8, 4) is 11.5 Å². The minimum absolute atomic E-state index is 0.103. The molecule has 1 saturated heterocycles. The molecular formula is C22H23N5O3S. The minimum Gasteiger partial charge on any atom is -0.454 e. The van der Waals surface area contributed by atoms with Gasteiger partial charge in [-0.2, -0.15) is 0 Å². The van der Waals surface area contributed by atoms with Crippen LogP contribution in [0.5, 0.6) is 11.5 Å². The number of piperazine rings is 1. The van der Waals surface area contributed by atoms with E-state index < -0.39 is 0 Å². The van der Waals surface area contributed by atoms with E-state index in [-0.39, 0.29) is 5.91 Å². The summed E-state index contributed by atoms with van der Waals surface area (Å²) in [5.74, 6) is 1.54. The van der Waals surface area contributed by atoms with Gasteiger partial charge in [-0.25, -0.2) is 4.98 Å². The van der Waals surface area contributed by atoms with Gasteiger partial charge in [0.25, 0.3) is 5.91 Å². The molecule has 1 fully saturated rings. The number of pyridine rings is 1. The first-order valence-electron chi connectivity index (χ1n) is 10.2. The summed E-state index contributed by atoms with van der Waals surface area (Å²) >= 11 is 1.44. The van der Waals surface area contributed by atoms with E-state index in [0.717, 1.165) is 54.9 Å². The van der Waals surface area contributed by atoms with Crippen molar-refractivity contribution in [3.63, 3.8) is 0 Å². The predicted octanol–water partition coefficient (Wildman–Crippen LogP) is 2.52. The van der Waals surface area contributed by atoms with Crippen LogP contribution in [-0.4, -0.2) is 53.7 Å². The average molecular weight is 438 g/mol. The van der Waals surface area contributed by atoms with E-state index in [0.29, 0.717) is 18.2 Å². The molecule has 1 N–H and O–H groups in total. The van der Waals surface area contributed by atoms with E-state index in [1.807, 2.05) is 18.2 Å². The van der Waals surface area contributed by atoms with E-state index >= 15 is 0 Å². The highest BCUT2D eigenvalue weighted by molar-refractivity contribution is 7.17. The standard InChI is InChI=1S/C22H23N5O3S/c28-21(24-12-17-2-1-5-23-11-17)20-13-25-22(31-20)27-8-6-26(7-9-27)14-16-3-4-18-19(10-16)30-15-29-18/h1-5,10-11,13H,6-9,12,14-15H2,(H,24,28). The van der Waals surface area contributed by atoms with Gasteiger partial charge >= 0.3 is 0 Å². The van der Waals surface area contributed by atoms with Crippen molar-refractivity contribution in [2.24, 2.45) is 0 Å². The summed E-state index contributed by atoms with van der Waals surface area (Å²) in [6, 6.07) is 9.93. The number of anilines is 1. The van der Waals surface area contributed by atoms with Gasteiger partial charge in [-0.1, -0.05) is 23.5 Å². The van der Waals surface area contributed by atoms with Gasteiger partial charge in [0.1, 0.15) is 4.88 Å². The van der Waals surface area contributed by atoms with Crippen LogP contribution in [0.3, 0.4) is 0 Å². The number of rotatable bonds is 6. The Morgan fingerprint density at radius 1 is 1.06 bits per heavy atom. The molecule has 4 heterocycles. The Morgan fingerprint density at radius 3 is 2.77 bits per heavy atom. The molecular weight excluding hydrogens is 414 g/mol. The largest absolute Gasteiger partial charge is 0.454 e. The van der Waals surface area contributed by atoms with Crippen molar-refractivity contribution >= 4 is 22.4 Å². The quantitative estimate of drug-likeness (QED) is 0.635. The monoisotopic (exact) mass is 437 g/mol. The van der Waals surface area contributed by atoms with Gasteiger partial charge < -0.3 is 19.7 Å². The van der Waals surface area contributed by atoms with Crippen LogP contribution >= 0.6 is 11.3 Å². The van der Waals surface area contributed by atoms with Crippen LogP contribution in [0.2, 0.25) is 0 Å². The van der Waals surface area contributed by atoms with Crippen molar-refractivity contribution < 1.29 is 14.3 Å². The van der Waals surface area contributed by atoms with Crippen LogP contribution in [0.4, 0.5) is 5.13 Å². The van der Waals surface area contributed by atoms with Crippen LogP contribution in [0.1, 0.15) is 20.8 Å². The highest BCUT2D eigenvalue weighted by atomic mass is 32.1. The number of carbonyl (C=O) groups excluding carboxylic acids is 1. The van der Waals surface area contributed by atoms with Gasteiger partial charge in [0.15, 0.2) is 16.6 Å². The molecule has 8 nitrogen and oxygen atoms in total. The predicted molar refractivity (Wildman–Crippen MR) is 118 cm³/mol. The fraction of sp³-hybridized carbons (Fsp3) is 0.318. The Bertz CT molecular complexity index is 1050. The maximum atomic E-state index is 12.4. The number of nitrogens with zero attached hydrogens (tertiary/aromatic N) is 4. The molecule has 9 heteroatoms. The third-order valence-corrected chi connectivity index (χ3v) is 6.44. The highest BCUT2D eigenvalue weighted by Crippen LogP contribution is 2.33. The van der Waals surface area contributed by atoms with Crippen LogP contribution in [0.15, 0.2) is 48.9 Å². The normalized spacial score (nSPS) is 15.8. The molecule has 0 atom stereocenters. The Kier molecular flexibility index (Phi) is 5.68. The summed E-state index contributed by atoms with van der Waals surface area (Å²) < 4.78 is 10.9. The molecule has 2 aliphatic rings. The highest BCUT2D eigenvalue weighted by Gasteiger charge is 2.22. The summed E-state index contributed by atoms with van der Waals surface area (Å²) in [4.78, 5) is 26.3. The summed E-state index contributed by atoms with van der Waals surface area (Å²) in [7, 11) is 0. The second kappa shape index (κ2) is 8.91. The molecule has 31 heavy (non-hydrogen) atoms. The average Bonchev–Trinajstić information content (AvgIpc) is 3.48. The Balaban J connectivity index is 1.12. The van der Waals surface area contributed by atoms with Crippen molar-refractivity contribution in [2.75, 3.05) is 37.9 Å². The first-order valence-corrected chi connectivity index (χ1v) is 11.0. The van der Waals surface area contributed by atoms with E-state index in [1.54, 1.807) is 18.6 Å². The molecule has 0 unspecified atom stereocenters. The Labute approximate surface area is 184 Å². The number of fused-ring (bicyclic) bond motifs is 1. The van der Waals surface area contributed by atoms with Crippen LogP contribution < -0.4 is 19.7 Å². The molecule has 0 radical (unpaired) electrons. The zero-order chi connectivity index (χ0) is 21.0. The van der Waals surface area contributed by atoms with Gasteiger partial charge in [0.05, 0.1) is 6.20 Å². The lowest BCUT2D eigenvalue weighted by Gasteiger charge is -2.34. The topological polar surface area (TPSA) is 79.8 Å². The fourth-order valence-electron chi connectivity index (χ4n) is 3.68. The van der Waals surface area contributed by atoms with E-state index in [4.69, 9.17) is 9.47 Å². The number of amides is 1. The Morgan fingerprint density at radius 2 is 1.94 bits per heavy atom. The number of benzene rings is 1. The van der Waals surface area contributed by atoms with Gasteiger partial charge in [-0.15, -0.1) is 0 Å².